The molecule has 2 aromatic carbocycles. The molecule has 10 nitrogen and oxygen atoms in total. The number of carboxylic acid groups (broad SMARTS) is 2. The summed E-state index contributed by atoms with van der Waals surface area (Å²) >= 11 is 0. The Labute approximate surface area is 165 Å². The van der Waals surface area contributed by atoms with Gasteiger partial charge in [0.1, 0.15) is 11.6 Å². The highest BCUT2D eigenvalue weighted by atomic mass is 16.6. The van der Waals surface area contributed by atoms with Crippen molar-refractivity contribution >= 4 is 23.5 Å². The van der Waals surface area contributed by atoms with E-state index < -0.39 is 16.9 Å². The third kappa shape index (κ3) is 6.03. The van der Waals surface area contributed by atoms with Crippen molar-refractivity contribution in [1.82, 2.24) is 5.32 Å². The van der Waals surface area contributed by atoms with Crippen molar-refractivity contribution in [2.24, 2.45) is 4.99 Å². The van der Waals surface area contributed by atoms with E-state index in [9.17, 15) is 10.1 Å². The van der Waals surface area contributed by atoms with Gasteiger partial charge < -0.3 is 20.3 Å². The molecule has 2 aromatic rings. The molecule has 1 aliphatic heterocycles. The fourth-order valence-electron chi connectivity index (χ4n) is 2.51. The topological polar surface area (TPSA) is 151 Å². The number of carboxylic acids is 2. The number of benzene rings is 2. The first-order valence-electron chi connectivity index (χ1n) is 8.54. The molecule has 0 spiro atoms. The molecule has 3 rings (SSSR count). The molecule has 0 radical (unpaired) electrons. The fourth-order valence-corrected chi connectivity index (χ4v) is 2.51. The van der Waals surface area contributed by atoms with Gasteiger partial charge in [0, 0.05) is 24.2 Å². The van der Waals surface area contributed by atoms with E-state index in [0.717, 1.165) is 35.8 Å². The van der Waals surface area contributed by atoms with Gasteiger partial charge >= 0.3 is 11.9 Å². The first kappa shape index (κ1) is 21.4. The molecule has 0 amide bonds. The van der Waals surface area contributed by atoms with E-state index in [2.05, 4.69) is 10.3 Å². The van der Waals surface area contributed by atoms with E-state index in [1.54, 1.807) is 12.1 Å². The van der Waals surface area contributed by atoms with Crippen LogP contribution in [0.1, 0.15) is 6.92 Å². The molecule has 0 fully saturated rings. The minimum absolute atomic E-state index is 0.0741. The molecular weight excluding hydrogens is 382 g/mol. The summed E-state index contributed by atoms with van der Waals surface area (Å²) in [5.74, 6) is -2.07. The number of aliphatic carboxylic acids is 2. The number of nitro benzene ring substituents is 1. The van der Waals surface area contributed by atoms with Gasteiger partial charge in [-0.15, -0.1) is 0 Å². The van der Waals surface area contributed by atoms with Crippen molar-refractivity contribution in [3.05, 3.63) is 58.6 Å². The van der Waals surface area contributed by atoms with Gasteiger partial charge in [-0.2, -0.15) is 0 Å². The number of ether oxygens (including phenoxy) is 1. The third-order valence-electron chi connectivity index (χ3n) is 3.85. The Balaban J connectivity index is 0.000000438. The number of nitro groups is 1. The summed E-state index contributed by atoms with van der Waals surface area (Å²) in [6, 6.07) is 14.1. The van der Waals surface area contributed by atoms with Crippen LogP contribution in [0.15, 0.2) is 53.5 Å². The number of hydrogen-bond donors (Lipinski definition) is 3. The van der Waals surface area contributed by atoms with Crippen LogP contribution in [0.25, 0.3) is 11.1 Å². The lowest BCUT2D eigenvalue weighted by Crippen LogP contribution is -2.33. The lowest BCUT2D eigenvalue weighted by molar-refractivity contribution is -0.384. The molecule has 29 heavy (non-hydrogen) atoms. The maximum absolute atomic E-state index is 10.8. The smallest absolute Gasteiger partial charge is 0.414 e. The molecule has 1 atom stereocenters. The molecule has 3 N–H and O–H groups in total. The summed E-state index contributed by atoms with van der Waals surface area (Å²) in [7, 11) is 0. The Kier molecular flexibility index (Phi) is 7.24. The quantitative estimate of drug-likeness (QED) is 0.392. The van der Waals surface area contributed by atoms with Crippen molar-refractivity contribution < 1.29 is 29.5 Å². The highest BCUT2D eigenvalue weighted by Gasteiger charge is 2.17. The van der Waals surface area contributed by atoms with Crippen LogP contribution in [-0.2, 0) is 9.59 Å². The lowest BCUT2D eigenvalue weighted by Gasteiger charge is -2.18. The number of non-ortho nitro benzene ring substituents is 1. The number of para-hydroxylation sites is 1. The summed E-state index contributed by atoms with van der Waals surface area (Å²) in [5.41, 5.74) is 1.84. The summed E-state index contributed by atoms with van der Waals surface area (Å²) in [6.45, 7) is 3.56. The zero-order valence-electron chi connectivity index (χ0n) is 15.4. The first-order valence-corrected chi connectivity index (χ1v) is 8.54. The zero-order chi connectivity index (χ0) is 21.4. The number of nitrogens with one attached hydrogen (secondary N) is 1. The molecule has 1 heterocycles. The van der Waals surface area contributed by atoms with E-state index >= 15 is 0 Å². The molecule has 1 unspecified atom stereocenters. The van der Waals surface area contributed by atoms with Crippen molar-refractivity contribution in [2.75, 3.05) is 13.1 Å². The van der Waals surface area contributed by atoms with Gasteiger partial charge in [-0.05, 0) is 30.7 Å². The number of hydrogen-bond acceptors (Lipinski definition) is 7. The molecule has 0 aliphatic carbocycles. The Morgan fingerprint density at radius 3 is 2.28 bits per heavy atom. The average Bonchev–Trinajstić information content (AvgIpc) is 3.24. The van der Waals surface area contributed by atoms with Gasteiger partial charge in [0.15, 0.2) is 6.10 Å². The average molecular weight is 401 g/mol. The highest BCUT2D eigenvalue weighted by Crippen LogP contribution is 2.31. The maximum Gasteiger partial charge on any atom is 0.414 e. The maximum atomic E-state index is 10.8. The van der Waals surface area contributed by atoms with E-state index in [1.807, 2.05) is 31.2 Å². The predicted molar refractivity (Wildman–Crippen MR) is 104 cm³/mol. The normalized spacial score (nSPS) is 13.2. The van der Waals surface area contributed by atoms with Crippen LogP contribution in [-0.4, -0.2) is 52.1 Å². The number of carbonyl (C=O) groups is 2. The molecule has 152 valence electrons. The summed E-state index contributed by atoms with van der Waals surface area (Å²) in [6.07, 6.45) is -0.170. The Morgan fingerprint density at radius 2 is 1.76 bits per heavy atom. The van der Waals surface area contributed by atoms with E-state index in [-0.39, 0.29) is 11.8 Å². The standard InChI is InChI=1S/C17H17N3O3.C2H2O4/c1-12(17-18-10-11-19-17)23-16-5-3-2-4-15(16)13-6-8-14(9-7-13)20(21)22;3-1(4)2(5)6/h2-9,12H,10-11H2,1H3,(H,18,19);(H,3,4)(H,5,6). The van der Waals surface area contributed by atoms with E-state index in [4.69, 9.17) is 24.5 Å². The monoisotopic (exact) mass is 401 g/mol. The van der Waals surface area contributed by atoms with Gasteiger partial charge in [0.2, 0.25) is 0 Å². The molecular formula is C19H19N3O7. The van der Waals surface area contributed by atoms with Crippen molar-refractivity contribution in [1.29, 1.82) is 0 Å². The van der Waals surface area contributed by atoms with Crippen LogP contribution in [0.3, 0.4) is 0 Å². The van der Waals surface area contributed by atoms with Crippen LogP contribution >= 0.6 is 0 Å². The number of nitrogens with zero attached hydrogens (tertiary/aromatic N) is 2. The molecule has 0 bridgehead atoms. The number of aliphatic imine (C=N–C) groups is 1. The predicted octanol–water partition coefficient (Wildman–Crippen LogP) is 2.19. The summed E-state index contributed by atoms with van der Waals surface area (Å²) in [4.78, 5) is 32.9. The van der Waals surface area contributed by atoms with Crippen molar-refractivity contribution in [3.8, 4) is 16.9 Å². The number of amidine groups is 1. The Bertz CT molecular complexity index is 914. The zero-order valence-corrected chi connectivity index (χ0v) is 15.4. The summed E-state index contributed by atoms with van der Waals surface area (Å²) < 4.78 is 6.03. The van der Waals surface area contributed by atoms with Crippen molar-refractivity contribution in [3.63, 3.8) is 0 Å². The Hall–Kier alpha value is -3.95. The van der Waals surface area contributed by atoms with Gasteiger partial charge in [0.05, 0.1) is 11.5 Å². The highest BCUT2D eigenvalue weighted by molar-refractivity contribution is 6.27. The lowest BCUT2D eigenvalue weighted by atomic mass is 10.0. The second kappa shape index (κ2) is 9.83. The van der Waals surface area contributed by atoms with Gasteiger partial charge in [0.25, 0.3) is 5.69 Å². The summed E-state index contributed by atoms with van der Waals surface area (Å²) in [5, 5.41) is 28.8. The minimum atomic E-state index is -1.82. The largest absolute Gasteiger partial charge is 0.482 e. The van der Waals surface area contributed by atoms with E-state index in [1.165, 1.54) is 12.1 Å². The number of rotatable bonds is 5. The molecule has 0 saturated heterocycles. The SMILES string of the molecule is CC(Oc1ccccc1-c1ccc([N+](=O)[O-])cc1)C1=NCCN1.O=C(O)C(=O)O. The van der Waals surface area contributed by atoms with Gasteiger partial charge in [-0.1, -0.05) is 18.2 Å². The Morgan fingerprint density at radius 1 is 1.14 bits per heavy atom. The van der Waals surface area contributed by atoms with Crippen LogP contribution in [0.4, 0.5) is 5.69 Å². The first-order chi connectivity index (χ1) is 13.8. The van der Waals surface area contributed by atoms with Gasteiger partial charge in [-0.25, -0.2) is 9.59 Å². The van der Waals surface area contributed by atoms with Crippen LogP contribution in [0.5, 0.6) is 5.75 Å². The fraction of sp³-hybridized carbons (Fsp3) is 0.211. The molecule has 0 saturated carbocycles. The molecule has 1 aliphatic rings. The second-order valence-electron chi connectivity index (χ2n) is 5.86. The van der Waals surface area contributed by atoms with E-state index in [0.29, 0.717) is 0 Å². The van der Waals surface area contributed by atoms with Crippen LogP contribution in [0.2, 0.25) is 0 Å². The second-order valence-corrected chi connectivity index (χ2v) is 5.86. The van der Waals surface area contributed by atoms with Crippen LogP contribution in [0, 0.1) is 10.1 Å². The van der Waals surface area contributed by atoms with Crippen LogP contribution < -0.4 is 10.1 Å². The van der Waals surface area contributed by atoms with Crippen molar-refractivity contribution in [2.45, 2.75) is 13.0 Å². The van der Waals surface area contributed by atoms with Gasteiger partial charge in [-0.3, -0.25) is 15.1 Å². The molecule has 0 aromatic heterocycles. The molecule has 10 heteroatoms. The minimum Gasteiger partial charge on any atom is -0.482 e. The third-order valence-corrected chi connectivity index (χ3v) is 3.85.